The zero-order chi connectivity index (χ0) is 16.4. The van der Waals surface area contributed by atoms with Gasteiger partial charge in [0.05, 0.1) is 16.4 Å². The molecule has 21 heavy (non-hydrogen) atoms. The second-order valence-corrected chi connectivity index (χ2v) is 6.05. The molecule has 0 spiro atoms. The highest BCUT2D eigenvalue weighted by Crippen LogP contribution is 2.25. The lowest BCUT2D eigenvalue weighted by Gasteiger charge is -2.13. The topological polar surface area (TPSA) is 147 Å². The summed E-state index contributed by atoms with van der Waals surface area (Å²) in [5.41, 5.74) is 0.308. The maximum Gasteiger partial charge on any atom is 0.324 e. The van der Waals surface area contributed by atoms with Gasteiger partial charge in [0.1, 0.15) is 6.04 Å². The van der Waals surface area contributed by atoms with Crippen LogP contribution in [0.1, 0.15) is 11.1 Å². The van der Waals surface area contributed by atoms with Gasteiger partial charge in [-0.3, -0.25) is 14.9 Å². The number of carboxylic acids is 1. The van der Waals surface area contributed by atoms with Gasteiger partial charge in [-0.25, -0.2) is 8.42 Å². The number of carboxylic acid groups (broad SMARTS) is 1. The molecule has 0 heterocycles. The number of benzene rings is 1. The van der Waals surface area contributed by atoms with Gasteiger partial charge in [0.15, 0.2) is 0 Å². The van der Waals surface area contributed by atoms with E-state index in [4.69, 9.17) is 10.2 Å². The molecule has 1 atom stereocenters. The van der Waals surface area contributed by atoms with Gasteiger partial charge >= 0.3 is 5.97 Å². The van der Waals surface area contributed by atoms with Crippen LogP contribution in [0.4, 0.5) is 5.69 Å². The first kappa shape index (κ1) is 17.0. The Bertz CT molecular complexity index is 684. The maximum atomic E-state index is 12.0. The lowest BCUT2D eigenvalue weighted by atomic mass is 10.1. The van der Waals surface area contributed by atoms with Crippen LogP contribution >= 0.6 is 0 Å². The number of aryl methyl sites for hydroxylation is 1. The zero-order valence-electron chi connectivity index (χ0n) is 11.2. The number of nitro groups is 1. The van der Waals surface area contributed by atoms with Crippen LogP contribution in [-0.2, 0) is 14.8 Å². The van der Waals surface area contributed by atoms with Crippen LogP contribution in [0.15, 0.2) is 17.0 Å². The van der Waals surface area contributed by atoms with E-state index in [2.05, 4.69) is 0 Å². The summed E-state index contributed by atoms with van der Waals surface area (Å²) in [7, 11) is -4.31. The average molecular weight is 318 g/mol. The fraction of sp³-hybridized carbons (Fsp3) is 0.364. The van der Waals surface area contributed by atoms with Crippen LogP contribution in [0.3, 0.4) is 0 Å². The van der Waals surface area contributed by atoms with Gasteiger partial charge in [0.25, 0.3) is 5.69 Å². The number of nitrogens with one attached hydrogen (secondary N) is 1. The molecule has 0 amide bonds. The normalized spacial score (nSPS) is 12.9. The molecule has 10 heteroatoms. The summed E-state index contributed by atoms with van der Waals surface area (Å²) in [5.74, 6) is -1.56. The predicted octanol–water partition coefficient (Wildman–Crippen LogP) is -0.0646. The first-order valence-electron chi connectivity index (χ1n) is 5.71. The van der Waals surface area contributed by atoms with Crippen molar-refractivity contribution in [2.75, 3.05) is 6.61 Å². The van der Waals surface area contributed by atoms with Crippen molar-refractivity contribution in [1.29, 1.82) is 0 Å². The third kappa shape index (κ3) is 3.74. The third-order valence-corrected chi connectivity index (χ3v) is 4.35. The van der Waals surface area contributed by atoms with Crippen LogP contribution in [0.25, 0.3) is 0 Å². The number of nitro benzene ring substituents is 1. The summed E-state index contributed by atoms with van der Waals surface area (Å²) >= 11 is 0. The maximum absolute atomic E-state index is 12.0. The van der Waals surface area contributed by atoms with E-state index in [1.54, 1.807) is 4.72 Å². The largest absolute Gasteiger partial charge is 0.480 e. The summed E-state index contributed by atoms with van der Waals surface area (Å²) < 4.78 is 25.8. The van der Waals surface area contributed by atoms with Crippen LogP contribution in [0, 0.1) is 24.0 Å². The number of carbonyl (C=O) groups is 1. The minimum absolute atomic E-state index is 0.316. The molecule has 1 unspecified atom stereocenters. The SMILES string of the molecule is Cc1cc(S(=O)(=O)NC(CO)C(=O)O)cc([N+](=O)[O-])c1C. The number of aliphatic carboxylic acids is 1. The van der Waals surface area contributed by atoms with Crippen molar-refractivity contribution in [3.8, 4) is 0 Å². The second-order valence-electron chi connectivity index (χ2n) is 4.34. The third-order valence-electron chi connectivity index (χ3n) is 2.90. The molecule has 1 aromatic rings. The van der Waals surface area contributed by atoms with Crippen LogP contribution < -0.4 is 4.72 Å². The van der Waals surface area contributed by atoms with Crippen molar-refractivity contribution in [3.63, 3.8) is 0 Å². The summed E-state index contributed by atoms with van der Waals surface area (Å²) in [6.45, 7) is 2.04. The number of hydrogen-bond donors (Lipinski definition) is 3. The van der Waals surface area contributed by atoms with Crippen molar-refractivity contribution in [1.82, 2.24) is 4.72 Å². The highest BCUT2D eigenvalue weighted by Gasteiger charge is 2.27. The highest BCUT2D eigenvalue weighted by atomic mass is 32.2. The number of nitrogens with zero attached hydrogens (tertiary/aromatic N) is 1. The van der Waals surface area contributed by atoms with Gasteiger partial charge in [0, 0.05) is 11.6 Å². The van der Waals surface area contributed by atoms with Gasteiger partial charge in [-0.1, -0.05) is 0 Å². The molecule has 0 bridgehead atoms. The highest BCUT2D eigenvalue weighted by molar-refractivity contribution is 7.89. The second kappa shape index (κ2) is 6.16. The Labute approximate surface area is 120 Å². The molecule has 0 aliphatic rings. The Morgan fingerprint density at radius 3 is 2.43 bits per heavy atom. The van der Waals surface area contributed by atoms with E-state index in [1.165, 1.54) is 19.9 Å². The summed E-state index contributed by atoms with van der Waals surface area (Å²) in [5, 5.41) is 28.5. The van der Waals surface area contributed by atoms with Crippen molar-refractivity contribution in [2.45, 2.75) is 24.8 Å². The fourth-order valence-electron chi connectivity index (χ4n) is 1.57. The Morgan fingerprint density at radius 1 is 1.43 bits per heavy atom. The van der Waals surface area contributed by atoms with E-state index < -0.39 is 38.5 Å². The van der Waals surface area contributed by atoms with E-state index in [0.29, 0.717) is 11.1 Å². The number of rotatable bonds is 6. The molecule has 0 saturated heterocycles. The molecule has 0 aliphatic heterocycles. The van der Waals surface area contributed by atoms with Crippen LogP contribution in [0.5, 0.6) is 0 Å². The first-order chi connectivity index (χ1) is 9.60. The minimum atomic E-state index is -4.31. The van der Waals surface area contributed by atoms with Crippen LogP contribution in [-0.4, -0.2) is 42.2 Å². The van der Waals surface area contributed by atoms with E-state index in [0.717, 1.165) is 6.07 Å². The molecule has 1 rings (SSSR count). The molecular weight excluding hydrogens is 304 g/mol. The number of aliphatic hydroxyl groups is 1. The van der Waals surface area contributed by atoms with Crippen molar-refractivity contribution in [3.05, 3.63) is 33.4 Å². The van der Waals surface area contributed by atoms with E-state index >= 15 is 0 Å². The number of sulfonamides is 1. The standard InChI is InChI=1S/C11H14N2O7S/c1-6-3-8(4-10(7(6)2)13(17)18)21(19,20)12-9(5-14)11(15)16/h3-4,9,12,14H,5H2,1-2H3,(H,15,16). The molecule has 0 aliphatic carbocycles. The lowest BCUT2D eigenvalue weighted by molar-refractivity contribution is -0.385. The zero-order valence-corrected chi connectivity index (χ0v) is 12.0. The first-order valence-corrected chi connectivity index (χ1v) is 7.20. The summed E-state index contributed by atoms with van der Waals surface area (Å²) in [6, 6.07) is 0.317. The van der Waals surface area contributed by atoms with Gasteiger partial charge in [-0.05, 0) is 25.5 Å². The molecule has 0 aromatic heterocycles. The predicted molar refractivity (Wildman–Crippen MR) is 71.4 cm³/mol. The molecule has 0 saturated carbocycles. The fourth-order valence-corrected chi connectivity index (χ4v) is 2.86. The van der Waals surface area contributed by atoms with Gasteiger partial charge in [-0.2, -0.15) is 4.72 Å². The number of aliphatic hydroxyl groups excluding tert-OH is 1. The van der Waals surface area contributed by atoms with E-state index in [1.807, 2.05) is 0 Å². The molecule has 116 valence electrons. The molecule has 1 aromatic carbocycles. The van der Waals surface area contributed by atoms with Crippen molar-refractivity contribution in [2.24, 2.45) is 0 Å². The molecule has 9 nitrogen and oxygen atoms in total. The van der Waals surface area contributed by atoms with Crippen LogP contribution in [0.2, 0.25) is 0 Å². The van der Waals surface area contributed by atoms with Crippen molar-refractivity contribution >= 4 is 21.7 Å². The van der Waals surface area contributed by atoms with Crippen molar-refractivity contribution < 1.29 is 28.3 Å². The Morgan fingerprint density at radius 2 is 2.00 bits per heavy atom. The van der Waals surface area contributed by atoms with Gasteiger partial charge in [0.2, 0.25) is 10.0 Å². The Balaban J connectivity index is 3.32. The molecule has 0 fully saturated rings. The van der Waals surface area contributed by atoms with Gasteiger partial charge < -0.3 is 10.2 Å². The Hall–Kier alpha value is -2.04. The molecular formula is C11H14N2O7S. The smallest absolute Gasteiger partial charge is 0.324 e. The minimum Gasteiger partial charge on any atom is -0.480 e. The average Bonchev–Trinajstić information content (AvgIpc) is 2.38. The monoisotopic (exact) mass is 318 g/mol. The molecule has 3 N–H and O–H groups in total. The van der Waals surface area contributed by atoms with E-state index in [-0.39, 0.29) is 5.69 Å². The lowest BCUT2D eigenvalue weighted by Crippen LogP contribution is -2.43. The Kier molecular flexibility index (Phi) is 4.99. The number of hydrogen-bond acceptors (Lipinski definition) is 6. The quantitative estimate of drug-likeness (QED) is 0.491. The van der Waals surface area contributed by atoms with E-state index in [9.17, 15) is 23.3 Å². The molecule has 0 radical (unpaired) electrons. The van der Waals surface area contributed by atoms with Gasteiger partial charge in [-0.15, -0.1) is 0 Å². The summed E-state index contributed by atoms with van der Waals surface area (Å²) in [4.78, 5) is 20.5. The summed E-state index contributed by atoms with van der Waals surface area (Å²) in [6.07, 6.45) is 0.